The molecule has 0 radical (unpaired) electrons. The van der Waals surface area contributed by atoms with Crippen LogP contribution in [0.2, 0.25) is 0 Å². The molecule has 120 valence electrons. The highest BCUT2D eigenvalue weighted by atomic mass is 16.5. The number of methoxy groups -OCH3 is 1. The van der Waals surface area contributed by atoms with Gasteiger partial charge in [-0.05, 0) is 32.0 Å². The normalized spacial score (nSPS) is 18.0. The fourth-order valence-corrected chi connectivity index (χ4v) is 2.60. The highest BCUT2D eigenvalue weighted by Crippen LogP contribution is 2.15. The van der Waals surface area contributed by atoms with Crippen LogP contribution in [0, 0.1) is 0 Å². The molecule has 1 saturated heterocycles. The molecule has 7 nitrogen and oxygen atoms in total. The minimum Gasteiger partial charge on any atom is -0.481 e. The Morgan fingerprint density at radius 1 is 1.41 bits per heavy atom. The standard InChI is InChI=1S/C15H22N4O3/c1-3-19-8-4-5-12(19)10-17-14(20)15(21)18-11-6-7-13(22-2)16-9-11/h6-7,9,12H,3-5,8,10H2,1-2H3,(H,17,20)(H,18,21)/t12-/m0/s1. The van der Waals surface area contributed by atoms with E-state index < -0.39 is 11.8 Å². The fraction of sp³-hybridized carbons (Fsp3) is 0.533. The minimum absolute atomic E-state index is 0.324. The van der Waals surface area contributed by atoms with E-state index in [1.54, 1.807) is 12.1 Å². The Bertz CT molecular complexity index is 518. The zero-order valence-corrected chi connectivity index (χ0v) is 13.0. The van der Waals surface area contributed by atoms with Crippen molar-refractivity contribution in [3.63, 3.8) is 0 Å². The van der Waals surface area contributed by atoms with Crippen molar-refractivity contribution >= 4 is 17.5 Å². The maximum Gasteiger partial charge on any atom is 0.313 e. The largest absolute Gasteiger partial charge is 0.481 e. The number of nitrogens with one attached hydrogen (secondary N) is 2. The monoisotopic (exact) mass is 306 g/mol. The van der Waals surface area contributed by atoms with Crippen LogP contribution in [0.25, 0.3) is 0 Å². The van der Waals surface area contributed by atoms with Crippen LogP contribution in [-0.4, -0.2) is 54.5 Å². The number of hydrogen-bond donors (Lipinski definition) is 2. The molecule has 2 heterocycles. The lowest BCUT2D eigenvalue weighted by Crippen LogP contribution is -2.43. The SMILES string of the molecule is CCN1CCC[C@H]1CNC(=O)C(=O)Nc1ccc(OC)nc1. The maximum absolute atomic E-state index is 11.8. The fourth-order valence-electron chi connectivity index (χ4n) is 2.60. The van der Waals surface area contributed by atoms with E-state index in [1.165, 1.54) is 13.3 Å². The summed E-state index contributed by atoms with van der Waals surface area (Å²) in [5.41, 5.74) is 0.456. The van der Waals surface area contributed by atoms with E-state index >= 15 is 0 Å². The number of carbonyl (C=O) groups excluding carboxylic acids is 2. The molecule has 0 saturated carbocycles. The maximum atomic E-state index is 11.8. The highest BCUT2D eigenvalue weighted by Gasteiger charge is 2.24. The van der Waals surface area contributed by atoms with E-state index in [-0.39, 0.29) is 0 Å². The number of likely N-dealkylation sites (tertiary alicyclic amines) is 1. The van der Waals surface area contributed by atoms with Crippen LogP contribution in [0.1, 0.15) is 19.8 Å². The van der Waals surface area contributed by atoms with Crippen LogP contribution in [0.15, 0.2) is 18.3 Å². The van der Waals surface area contributed by atoms with E-state index in [2.05, 4.69) is 27.4 Å². The third-order valence-corrected chi connectivity index (χ3v) is 3.81. The first-order chi connectivity index (χ1) is 10.6. The molecule has 1 atom stereocenters. The van der Waals surface area contributed by atoms with Crippen LogP contribution < -0.4 is 15.4 Å². The van der Waals surface area contributed by atoms with Gasteiger partial charge in [0.2, 0.25) is 5.88 Å². The molecule has 2 rings (SSSR count). The number of anilines is 1. The zero-order valence-electron chi connectivity index (χ0n) is 13.0. The molecular formula is C15H22N4O3. The number of carbonyl (C=O) groups is 2. The summed E-state index contributed by atoms with van der Waals surface area (Å²) in [6, 6.07) is 3.57. The Labute approximate surface area is 130 Å². The van der Waals surface area contributed by atoms with Gasteiger partial charge in [0, 0.05) is 18.7 Å². The smallest absolute Gasteiger partial charge is 0.313 e. The van der Waals surface area contributed by atoms with Gasteiger partial charge in [0.25, 0.3) is 0 Å². The first kappa shape index (κ1) is 16.2. The van der Waals surface area contributed by atoms with Gasteiger partial charge in [0.05, 0.1) is 19.0 Å². The summed E-state index contributed by atoms with van der Waals surface area (Å²) in [7, 11) is 1.51. The van der Waals surface area contributed by atoms with Gasteiger partial charge in [-0.1, -0.05) is 6.92 Å². The molecule has 1 aliphatic heterocycles. The Hall–Kier alpha value is -2.15. The summed E-state index contributed by atoms with van der Waals surface area (Å²) in [6.45, 7) is 4.62. The minimum atomic E-state index is -0.687. The summed E-state index contributed by atoms with van der Waals surface area (Å²) in [5.74, 6) is -0.866. The molecule has 1 fully saturated rings. The number of hydrogen-bond acceptors (Lipinski definition) is 5. The second-order valence-electron chi connectivity index (χ2n) is 5.18. The molecule has 22 heavy (non-hydrogen) atoms. The third kappa shape index (κ3) is 4.17. The predicted molar refractivity (Wildman–Crippen MR) is 82.7 cm³/mol. The van der Waals surface area contributed by atoms with Gasteiger partial charge in [-0.3, -0.25) is 14.5 Å². The zero-order chi connectivity index (χ0) is 15.9. The van der Waals surface area contributed by atoms with Crippen molar-refractivity contribution in [2.75, 3.05) is 32.1 Å². The van der Waals surface area contributed by atoms with Gasteiger partial charge in [0.1, 0.15) is 0 Å². The molecule has 0 unspecified atom stereocenters. The van der Waals surface area contributed by atoms with Crippen molar-refractivity contribution in [1.82, 2.24) is 15.2 Å². The second kappa shape index (κ2) is 7.74. The first-order valence-corrected chi connectivity index (χ1v) is 7.47. The van der Waals surface area contributed by atoms with Gasteiger partial charge in [-0.2, -0.15) is 0 Å². The van der Waals surface area contributed by atoms with Crippen molar-refractivity contribution in [3.8, 4) is 5.88 Å². The highest BCUT2D eigenvalue weighted by molar-refractivity contribution is 6.39. The quantitative estimate of drug-likeness (QED) is 0.780. The molecule has 2 amide bonds. The van der Waals surface area contributed by atoms with Crippen molar-refractivity contribution in [1.29, 1.82) is 0 Å². The van der Waals surface area contributed by atoms with Gasteiger partial charge in [-0.25, -0.2) is 4.98 Å². The topological polar surface area (TPSA) is 83.6 Å². The number of ether oxygens (including phenoxy) is 1. The molecule has 0 aliphatic carbocycles. The van der Waals surface area contributed by atoms with E-state index in [9.17, 15) is 9.59 Å². The molecule has 0 spiro atoms. The lowest BCUT2D eigenvalue weighted by atomic mass is 10.2. The van der Waals surface area contributed by atoms with Crippen molar-refractivity contribution in [3.05, 3.63) is 18.3 Å². The number of nitrogens with zero attached hydrogens (tertiary/aromatic N) is 2. The summed E-state index contributed by atoms with van der Waals surface area (Å²) < 4.78 is 4.93. The van der Waals surface area contributed by atoms with Crippen molar-refractivity contribution in [2.45, 2.75) is 25.8 Å². The van der Waals surface area contributed by atoms with Crippen LogP contribution in [0.3, 0.4) is 0 Å². The average molecular weight is 306 g/mol. The van der Waals surface area contributed by atoms with Gasteiger partial charge in [0.15, 0.2) is 0 Å². The van der Waals surface area contributed by atoms with E-state index in [0.717, 1.165) is 25.9 Å². The summed E-state index contributed by atoms with van der Waals surface area (Å²) in [4.78, 5) is 29.9. The Morgan fingerprint density at radius 3 is 2.86 bits per heavy atom. The van der Waals surface area contributed by atoms with Crippen LogP contribution in [0.4, 0.5) is 5.69 Å². The summed E-state index contributed by atoms with van der Waals surface area (Å²) in [5, 5.41) is 5.20. The number of amides is 2. The number of rotatable bonds is 5. The van der Waals surface area contributed by atoms with Gasteiger partial charge in [-0.15, -0.1) is 0 Å². The molecule has 2 N–H and O–H groups in total. The first-order valence-electron chi connectivity index (χ1n) is 7.47. The predicted octanol–water partition coefficient (Wildman–Crippen LogP) is 0.629. The molecule has 0 bridgehead atoms. The van der Waals surface area contributed by atoms with E-state index in [4.69, 9.17) is 4.74 Å². The summed E-state index contributed by atoms with van der Waals surface area (Å²) in [6.07, 6.45) is 3.63. The van der Waals surface area contributed by atoms with Gasteiger partial charge < -0.3 is 15.4 Å². The molecule has 7 heteroatoms. The molecule has 0 aromatic carbocycles. The Kier molecular flexibility index (Phi) is 5.71. The molecule has 1 aromatic heterocycles. The summed E-state index contributed by atoms with van der Waals surface area (Å²) >= 11 is 0. The molecule has 1 aromatic rings. The van der Waals surface area contributed by atoms with Crippen molar-refractivity contribution in [2.24, 2.45) is 0 Å². The Morgan fingerprint density at radius 2 is 2.23 bits per heavy atom. The van der Waals surface area contributed by atoms with Crippen LogP contribution in [0.5, 0.6) is 5.88 Å². The number of likely N-dealkylation sites (N-methyl/N-ethyl adjacent to an activating group) is 1. The second-order valence-corrected chi connectivity index (χ2v) is 5.18. The van der Waals surface area contributed by atoms with E-state index in [1.807, 2.05) is 0 Å². The van der Waals surface area contributed by atoms with Crippen molar-refractivity contribution < 1.29 is 14.3 Å². The lowest BCUT2D eigenvalue weighted by Gasteiger charge is -2.22. The Balaban J connectivity index is 1.80. The molecular weight excluding hydrogens is 284 g/mol. The van der Waals surface area contributed by atoms with Gasteiger partial charge >= 0.3 is 11.8 Å². The third-order valence-electron chi connectivity index (χ3n) is 3.81. The average Bonchev–Trinajstić information content (AvgIpc) is 3.00. The molecule has 1 aliphatic rings. The number of pyridine rings is 1. The number of aromatic nitrogens is 1. The van der Waals surface area contributed by atoms with Crippen LogP contribution >= 0.6 is 0 Å². The lowest BCUT2D eigenvalue weighted by molar-refractivity contribution is -0.136. The van der Waals surface area contributed by atoms with E-state index in [0.29, 0.717) is 24.2 Å². The van der Waals surface area contributed by atoms with Crippen LogP contribution in [-0.2, 0) is 9.59 Å².